The van der Waals surface area contributed by atoms with Gasteiger partial charge in [0.15, 0.2) is 5.76 Å². The number of β-amino-alcohol motifs (C(OH)–C–C–N with tert-alkyl or cyclic N) is 1. The summed E-state index contributed by atoms with van der Waals surface area (Å²) < 4.78 is 23.9. The highest BCUT2D eigenvalue weighted by molar-refractivity contribution is 5.91. The smallest absolute Gasteiger partial charge is 0.289 e. The maximum absolute atomic E-state index is 12.8. The van der Waals surface area contributed by atoms with Gasteiger partial charge in [-0.05, 0) is 48.7 Å². The van der Waals surface area contributed by atoms with Gasteiger partial charge in [0.2, 0.25) is 0 Å². The fourth-order valence-electron chi connectivity index (χ4n) is 2.64. The number of hydrogen-bond donors (Lipinski definition) is 1. The number of carbonyl (C=O) groups excluding carboxylic acids is 1. The topological polar surface area (TPSA) is 62.9 Å². The molecule has 5 nitrogen and oxygen atoms in total. The molecule has 0 saturated carbocycles. The lowest BCUT2D eigenvalue weighted by molar-refractivity contribution is 0.0229. The molecule has 2 atom stereocenters. The highest BCUT2D eigenvalue weighted by Crippen LogP contribution is 2.20. The van der Waals surface area contributed by atoms with Gasteiger partial charge in [0.25, 0.3) is 5.91 Å². The number of likely N-dealkylation sites (tertiary alicyclic amines) is 1. The van der Waals surface area contributed by atoms with Gasteiger partial charge in [0.05, 0.1) is 6.10 Å². The number of carbonyl (C=O) groups is 1. The second kappa shape index (κ2) is 7.05. The van der Waals surface area contributed by atoms with Gasteiger partial charge in [0, 0.05) is 13.1 Å². The van der Waals surface area contributed by atoms with Crippen LogP contribution in [0.3, 0.4) is 0 Å². The number of aliphatic hydroxyl groups is 1. The van der Waals surface area contributed by atoms with Crippen LogP contribution in [0.25, 0.3) is 0 Å². The molecule has 0 spiro atoms. The molecule has 1 fully saturated rings. The monoisotopic (exact) mass is 333 g/mol. The molecule has 2 unspecified atom stereocenters. The van der Waals surface area contributed by atoms with Crippen LogP contribution in [0.1, 0.15) is 29.7 Å². The van der Waals surface area contributed by atoms with E-state index in [1.165, 1.54) is 24.3 Å². The predicted molar refractivity (Wildman–Crippen MR) is 85.1 cm³/mol. The van der Waals surface area contributed by atoms with E-state index < -0.39 is 6.10 Å². The molecule has 1 aromatic heterocycles. The van der Waals surface area contributed by atoms with Crippen molar-refractivity contribution in [1.29, 1.82) is 0 Å². The van der Waals surface area contributed by atoms with Crippen molar-refractivity contribution in [2.75, 3.05) is 13.1 Å². The molecule has 1 N–H and O–H groups in total. The lowest BCUT2D eigenvalue weighted by Gasteiger charge is -2.33. The van der Waals surface area contributed by atoms with Gasteiger partial charge in [-0.25, -0.2) is 4.39 Å². The lowest BCUT2D eigenvalue weighted by Crippen LogP contribution is -2.45. The van der Waals surface area contributed by atoms with E-state index in [1.54, 1.807) is 17.0 Å². The Labute approximate surface area is 139 Å². The van der Waals surface area contributed by atoms with Crippen LogP contribution in [0.15, 0.2) is 40.8 Å². The Hall–Kier alpha value is -2.34. The molecule has 2 heterocycles. The zero-order valence-corrected chi connectivity index (χ0v) is 13.4. The standard InChI is InChI=1S/C18H20FNO4/c1-12-8-9-20(10-16(12)21)18(22)17-7-6-15(24-17)11-23-14-4-2-13(19)3-5-14/h2-7,12,16,21H,8-11H2,1H3. The molecule has 128 valence electrons. The number of aliphatic hydroxyl groups excluding tert-OH is 1. The fourth-order valence-corrected chi connectivity index (χ4v) is 2.64. The number of rotatable bonds is 4. The van der Waals surface area contributed by atoms with Crippen molar-refractivity contribution < 1.29 is 23.4 Å². The Balaban J connectivity index is 1.58. The van der Waals surface area contributed by atoms with Crippen molar-refractivity contribution in [1.82, 2.24) is 4.90 Å². The van der Waals surface area contributed by atoms with Crippen LogP contribution in [0.4, 0.5) is 4.39 Å². The zero-order chi connectivity index (χ0) is 17.1. The van der Waals surface area contributed by atoms with E-state index in [0.717, 1.165) is 6.42 Å². The number of amides is 1. The summed E-state index contributed by atoms with van der Waals surface area (Å²) in [5, 5.41) is 9.91. The van der Waals surface area contributed by atoms with Crippen LogP contribution in [-0.4, -0.2) is 35.1 Å². The number of ether oxygens (including phenoxy) is 1. The molecule has 0 aliphatic carbocycles. The third-order valence-electron chi connectivity index (χ3n) is 4.27. The van der Waals surface area contributed by atoms with Crippen LogP contribution in [-0.2, 0) is 6.61 Å². The molecule has 2 aromatic rings. The minimum Gasteiger partial charge on any atom is -0.486 e. The van der Waals surface area contributed by atoms with Crippen LogP contribution >= 0.6 is 0 Å². The van der Waals surface area contributed by atoms with Crippen molar-refractivity contribution in [3.05, 3.63) is 53.7 Å². The van der Waals surface area contributed by atoms with Crippen LogP contribution < -0.4 is 4.74 Å². The summed E-state index contributed by atoms with van der Waals surface area (Å²) in [5.74, 6) is 0.905. The predicted octanol–water partition coefficient (Wildman–Crippen LogP) is 2.84. The van der Waals surface area contributed by atoms with Crippen LogP contribution in [0, 0.1) is 11.7 Å². The minimum atomic E-state index is -0.501. The van der Waals surface area contributed by atoms with E-state index in [9.17, 15) is 14.3 Å². The van der Waals surface area contributed by atoms with Gasteiger partial charge in [-0.15, -0.1) is 0 Å². The average molecular weight is 333 g/mol. The molecule has 1 aromatic carbocycles. The SMILES string of the molecule is CC1CCN(C(=O)c2ccc(COc3ccc(F)cc3)o2)CC1O. The van der Waals surface area contributed by atoms with Gasteiger partial charge in [-0.3, -0.25) is 4.79 Å². The summed E-state index contributed by atoms with van der Waals surface area (Å²) in [6.07, 6.45) is 0.271. The second-order valence-electron chi connectivity index (χ2n) is 6.09. The number of benzene rings is 1. The highest BCUT2D eigenvalue weighted by Gasteiger charge is 2.29. The van der Waals surface area contributed by atoms with Gasteiger partial charge in [-0.2, -0.15) is 0 Å². The molecule has 3 rings (SSSR count). The van der Waals surface area contributed by atoms with E-state index in [-0.39, 0.29) is 30.0 Å². The van der Waals surface area contributed by atoms with E-state index >= 15 is 0 Å². The zero-order valence-electron chi connectivity index (χ0n) is 13.4. The van der Waals surface area contributed by atoms with Crippen LogP contribution in [0.5, 0.6) is 5.75 Å². The van der Waals surface area contributed by atoms with Crippen LogP contribution in [0.2, 0.25) is 0 Å². The highest BCUT2D eigenvalue weighted by atomic mass is 19.1. The van der Waals surface area contributed by atoms with Crippen molar-refractivity contribution in [3.63, 3.8) is 0 Å². The van der Waals surface area contributed by atoms with Gasteiger partial charge in [-0.1, -0.05) is 6.92 Å². The first-order chi connectivity index (χ1) is 11.5. The Morgan fingerprint density at radius 1 is 1.33 bits per heavy atom. The molecular weight excluding hydrogens is 313 g/mol. The van der Waals surface area contributed by atoms with E-state index in [0.29, 0.717) is 24.6 Å². The van der Waals surface area contributed by atoms with E-state index in [4.69, 9.17) is 9.15 Å². The largest absolute Gasteiger partial charge is 0.486 e. The Bertz CT molecular complexity index is 697. The van der Waals surface area contributed by atoms with Crippen molar-refractivity contribution >= 4 is 5.91 Å². The number of furan rings is 1. The summed E-state index contributed by atoms with van der Waals surface area (Å²) in [5.41, 5.74) is 0. The number of hydrogen-bond acceptors (Lipinski definition) is 4. The number of nitrogens with zero attached hydrogens (tertiary/aromatic N) is 1. The maximum Gasteiger partial charge on any atom is 0.289 e. The molecule has 1 amide bonds. The second-order valence-corrected chi connectivity index (χ2v) is 6.09. The molecule has 1 aliphatic heterocycles. The first-order valence-electron chi connectivity index (χ1n) is 7.97. The molecule has 6 heteroatoms. The first kappa shape index (κ1) is 16.5. The number of piperidine rings is 1. The third kappa shape index (κ3) is 3.76. The Morgan fingerprint density at radius 3 is 2.79 bits per heavy atom. The summed E-state index contributed by atoms with van der Waals surface area (Å²) in [6, 6.07) is 8.97. The fraction of sp³-hybridized carbons (Fsp3) is 0.389. The average Bonchev–Trinajstić information content (AvgIpc) is 3.05. The summed E-state index contributed by atoms with van der Waals surface area (Å²) >= 11 is 0. The Kier molecular flexibility index (Phi) is 4.85. The lowest BCUT2D eigenvalue weighted by atomic mass is 9.96. The van der Waals surface area contributed by atoms with Crippen molar-refractivity contribution in [3.8, 4) is 5.75 Å². The summed E-state index contributed by atoms with van der Waals surface area (Å²) in [4.78, 5) is 14.0. The summed E-state index contributed by atoms with van der Waals surface area (Å²) in [7, 11) is 0. The normalized spacial score (nSPS) is 20.9. The van der Waals surface area contributed by atoms with Gasteiger partial charge < -0.3 is 19.2 Å². The molecule has 24 heavy (non-hydrogen) atoms. The molecule has 1 aliphatic rings. The molecule has 1 saturated heterocycles. The minimum absolute atomic E-state index is 0.151. The molecule has 0 radical (unpaired) electrons. The summed E-state index contributed by atoms with van der Waals surface area (Å²) in [6.45, 7) is 3.06. The van der Waals surface area contributed by atoms with E-state index in [2.05, 4.69) is 0 Å². The Morgan fingerprint density at radius 2 is 2.08 bits per heavy atom. The van der Waals surface area contributed by atoms with Crippen molar-refractivity contribution in [2.24, 2.45) is 5.92 Å². The quantitative estimate of drug-likeness (QED) is 0.934. The number of halogens is 1. The van der Waals surface area contributed by atoms with Gasteiger partial charge >= 0.3 is 0 Å². The maximum atomic E-state index is 12.8. The van der Waals surface area contributed by atoms with Gasteiger partial charge in [0.1, 0.15) is 23.9 Å². The molecule has 0 bridgehead atoms. The van der Waals surface area contributed by atoms with E-state index in [1.807, 2.05) is 6.92 Å². The molecular formula is C18H20FNO4. The first-order valence-corrected chi connectivity index (χ1v) is 7.97. The third-order valence-corrected chi connectivity index (χ3v) is 4.27. The van der Waals surface area contributed by atoms with Crippen molar-refractivity contribution in [2.45, 2.75) is 26.1 Å².